The van der Waals surface area contributed by atoms with Gasteiger partial charge in [0.1, 0.15) is 5.82 Å². The Morgan fingerprint density at radius 2 is 1.69 bits per heavy atom. The molecular formula is C19H21FN4O2. The van der Waals surface area contributed by atoms with Crippen molar-refractivity contribution >= 4 is 0 Å². The number of hydrogen-bond acceptors (Lipinski definition) is 6. The van der Waals surface area contributed by atoms with Crippen LogP contribution in [0.1, 0.15) is 17.9 Å². The summed E-state index contributed by atoms with van der Waals surface area (Å²) >= 11 is 0. The molecule has 3 heterocycles. The zero-order chi connectivity index (χ0) is 17.8. The van der Waals surface area contributed by atoms with Gasteiger partial charge >= 0.3 is 0 Å². The number of rotatable bonds is 5. The van der Waals surface area contributed by atoms with E-state index in [0.29, 0.717) is 24.1 Å². The van der Waals surface area contributed by atoms with Crippen molar-refractivity contribution < 1.29 is 13.2 Å². The summed E-state index contributed by atoms with van der Waals surface area (Å²) in [6, 6.07) is 10.3. The van der Waals surface area contributed by atoms with E-state index in [9.17, 15) is 4.39 Å². The Hall–Kier alpha value is -2.51. The van der Waals surface area contributed by atoms with Crippen LogP contribution in [0.3, 0.4) is 0 Å². The molecule has 6 nitrogen and oxygen atoms in total. The van der Waals surface area contributed by atoms with Gasteiger partial charge in [-0.05, 0) is 49.3 Å². The van der Waals surface area contributed by atoms with Crippen molar-refractivity contribution in [2.24, 2.45) is 0 Å². The summed E-state index contributed by atoms with van der Waals surface area (Å²) in [6.45, 7) is 5.37. The highest BCUT2D eigenvalue weighted by molar-refractivity contribution is 5.42. The van der Waals surface area contributed by atoms with E-state index in [4.69, 9.17) is 8.83 Å². The predicted octanol–water partition coefficient (Wildman–Crippen LogP) is 3.18. The van der Waals surface area contributed by atoms with Crippen LogP contribution in [0, 0.1) is 5.82 Å². The van der Waals surface area contributed by atoms with E-state index in [1.165, 1.54) is 12.1 Å². The third-order valence-electron chi connectivity index (χ3n) is 4.56. The van der Waals surface area contributed by atoms with Crippen molar-refractivity contribution in [3.05, 3.63) is 59.9 Å². The lowest BCUT2D eigenvalue weighted by molar-refractivity contribution is 0.231. The minimum Gasteiger partial charge on any atom is -0.459 e. The van der Waals surface area contributed by atoms with Gasteiger partial charge in [0.2, 0.25) is 5.89 Å². The van der Waals surface area contributed by atoms with Crippen molar-refractivity contribution in [1.82, 2.24) is 20.0 Å². The van der Waals surface area contributed by atoms with Crippen LogP contribution < -0.4 is 0 Å². The van der Waals surface area contributed by atoms with E-state index in [-0.39, 0.29) is 5.82 Å². The lowest BCUT2D eigenvalue weighted by atomic mass is 10.2. The van der Waals surface area contributed by atoms with Crippen LogP contribution in [-0.4, -0.2) is 46.2 Å². The molecule has 0 spiro atoms. The Balaban J connectivity index is 1.31. The van der Waals surface area contributed by atoms with Gasteiger partial charge in [-0.3, -0.25) is 9.80 Å². The van der Waals surface area contributed by atoms with E-state index < -0.39 is 0 Å². The fraction of sp³-hybridized carbons (Fsp3) is 0.368. The van der Waals surface area contributed by atoms with Crippen molar-refractivity contribution in [3.8, 4) is 11.7 Å². The minimum atomic E-state index is -0.190. The molecule has 0 N–H and O–H groups in total. The first kappa shape index (κ1) is 16.9. The molecule has 3 aromatic rings. The SMILES string of the molecule is Fc1ccc(CN2CCCN(Cc3nnc(-c4ccco4)o3)CC2)cc1. The van der Waals surface area contributed by atoms with Gasteiger partial charge in [0.25, 0.3) is 5.89 Å². The maximum Gasteiger partial charge on any atom is 0.283 e. The predicted molar refractivity (Wildman–Crippen MR) is 93.6 cm³/mol. The monoisotopic (exact) mass is 356 g/mol. The lowest BCUT2D eigenvalue weighted by Crippen LogP contribution is -2.30. The summed E-state index contributed by atoms with van der Waals surface area (Å²) in [5, 5.41) is 8.17. The first-order valence-electron chi connectivity index (χ1n) is 8.82. The maximum atomic E-state index is 13.0. The minimum absolute atomic E-state index is 0.190. The fourth-order valence-electron chi connectivity index (χ4n) is 3.20. The highest BCUT2D eigenvalue weighted by atomic mass is 19.1. The topological polar surface area (TPSA) is 58.5 Å². The van der Waals surface area contributed by atoms with Crippen LogP contribution in [0.25, 0.3) is 11.7 Å². The average molecular weight is 356 g/mol. The molecule has 1 saturated heterocycles. The molecule has 26 heavy (non-hydrogen) atoms. The zero-order valence-electron chi connectivity index (χ0n) is 14.5. The molecule has 1 aromatic carbocycles. The van der Waals surface area contributed by atoms with Gasteiger partial charge in [0, 0.05) is 19.6 Å². The molecule has 136 valence electrons. The van der Waals surface area contributed by atoms with Gasteiger partial charge < -0.3 is 8.83 Å². The molecule has 0 bridgehead atoms. The van der Waals surface area contributed by atoms with Gasteiger partial charge in [-0.1, -0.05) is 12.1 Å². The van der Waals surface area contributed by atoms with Gasteiger partial charge in [-0.15, -0.1) is 10.2 Å². The third kappa shape index (κ3) is 4.17. The molecular weight excluding hydrogens is 335 g/mol. The van der Waals surface area contributed by atoms with Crippen molar-refractivity contribution in [2.45, 2.75) is 19.5 Å². The summed E-state index contributed by atoms with van der Waals surface area (Å²) in [7, 11) is 0. The molecule has 0 saturated carbocycles. The molecule has 1 aliphatic rings. The highest BCUT2D eigenvalue weighted by Gasteiger charge is 2.18. The largest absolute Gasteiger partial charge is 0.459 e. The summed E-state index contributed by atoms with van der Waals surface area (Å²) in [6.07, 6.45) is 2.66. The average Bonchev–Trinajstić information content (AvgIpc) is 3.28. The van der Waals surface area contributed by atoms with Crippen LogP contribution in [0.15, 0.2) is 51.5 Å². The molecule has 2 aromatic heterocycles. The van der Waals surface area contributed by atoms with Gasteiger partial charge in [-0.25, -0.2) is 4.39 Å². The van der Waals surface area contributed by atoms with Crippen molar-refractivity contribution in [1.29, 1.82) is 0 Å². The van der Waals surface area contributed by atoms with Crippen LogP contribution >= 0.6 is 0 Å². The standard InChI is InChI=1S/C19H21FN4O2/c20-16-6-4-15(5-7-16)13-23-8-2-9-24(11-10-23)14-18-21-22-19(26-18)17-3-1-12-25-17/h1,3-7,12H,2,8-11,13-14H2. The highest BCUT2D eigenvalue weighted by Crippen LogP contribution is 2.19. The maximum absolute atomic E-state index is 13.0. The van der Waals surface area contributed by atoms with Crippen LogP contribution in [-0.2, 0) is 13.1 Å². The normalized spacial score (nSPS) is 16.7. The molecule has 4 rings (SSSR count). The van der Waals surface area contributed by atoms with Gasteiger partial charge in [0.15, 0.2) is 5.76 Å². The Morgan fingerprint density at radius 1 is 0.923 bits per heavy atom. The second-order valence-corrected chi connectivity index (χ2v) is 6.51. The summed E-state index contributed by atoms with van der Waals surface area (Å²) in [4.78, 5) is 4.72. The Bertz CT molecular complexity index is 816. The number of hydrogen-bond donors (Lipinski definition) is 0. The quantitative estimate of drug-likeness (QED) is 0.700. The van der Waals surface area contributed by atoms with Gasteiger partial charge in [-0.2, -0.15) is 0 Å². The second-order valence-electron chi connectivity index (χ2n) is 6.51. The van der Waals surface area contributed by atoms with Crippen LogP contribution in [0.4, 0.5) is 4.39 Å². The van der Waals surface area contributed by atoms with Gasteiger partial charge in [0.05, 0.1) is 12.8 Å². The molecule has 7 heteroatoms. The smallest absolute Gasteiger partial charge is 0.283 e. The fourth-order valence-corrected chi connectivity index (χ4v) is 3.20. The second kappa shape index (κ2) is 7.80. The Labute approximate surface area is 151 Å². The molecule has 1 aliphatic heterocycles. The molecule has 0 atom stereocenters. The van der Waals surface area contributed by atoms with E-state index >= 15 is 0 Å². The van der Waals surface area contributed by atoms with E-state index in [1.54, 1.807) is 18.4 Å². The molecule has 0 unspecified atom stereocenters. The number of furan rings is 1. The number of aromatic nitrogens is 2. The number of halogens is 1. The Kier molecular flexibility index (Phi) is 5.08. The summed E-state index contributed by atoms with van der Waals surface area (Å²) in [5.41, 5.74) is 1.14. The summed E-state index contributed by atoms with van der Waals surface area (Å²) in [5.74, 6) is 1.41. The van der Waals surface area contributed by atoms with E-state index in [2.05, 4.69) is 20.0 Å². The molecule has 0 aliphatic carbocycles. The first-order chi connectivity index (χ1) is 12.8. The van der Waals surface area contributed by atoms with Crippen LogP contribution in [0.2, 0.25) is 0 Å². The number of benzene rings is 1. The van der Waals surface area contributed by atoms with Crippen LogP contribution in [0.5, 0.6) is 0 Å². The van der Waals surface area contributed by atoms with E-state index in [0.717, 1.165) is 44.7 Å². The summed E-state index contributed by atoms with van der Waals surface area (Å²) < 4.78 is 24.0. The Morgan fingerprint density at radius 3 is 2.42 bits per heavy atom. The lowest BCUT2D eigenvalue weighted by Gasteiger charge is -2.21. The molecule has 0 amide bonds. The van der Waals surface area contributed by atoms with Crippen molar-refractivity contribution in [3.63, 3.8) is 0 Å². The first-order valence-corrected chi connectivity index (χ1v) is 8.82. The third-order valence-corrected chi connectivity index (χ3v) is 4.56. The number of nitrogens with zero attached hydrogens (tertiary/aromatic N) is 4. The molecule has 1 fully saturated rings. The molecule has 0 radical (unpaired) electrons. The van der Waals surface area contributed by atoms with E-state index in [1.807, 2.05) is 12.1 Å². The zero-order valence-corrected chi connectivity index (χ0v) is 14.5. The van der Waals surface area contributed by atoms with Crippen molar-refractivity contribution in [2.75, 3.05) is 26.2 Å².